The van der Waals surface area contributed by atoms with Gasteiger partial charge in [-0.25, -0.2) is 0 Å². The maximum Gasteiger partial charge on any atom is 0.129 e. The van der Waals surface area contributed by atoms with Crippen LogP contribution < -0.4 is 5.32 Å². The first kappa shape index (κ1) is 14.8. The molecule has 0 fully saturated rings. The van der Waals surface area contributed by atoms with Crippen LogP contribution in [0, 0.1) is 0 Å². The minimum absolute atomic E-state index is 0.0462. The Bertz CT molecular complexity index is 521. The number of rotatable bonds is 7. The van der Waals surface area contributed by atoms with Gasteiger partial charge < -0.3 is 14.5 Å². The van der Waals surface area contributed by atoms with E-state index >= 15 is 0 Å². The molecule has 0 unspecified atom stereocenters. The molecule has 0 aliphatic heterocycles. The first-order valence-electron chi connectivity index (χ1n) is 7.05. The van der Waals surface area contributed by atoms with Crippen LogP contribution in [0.1, 0.15) is 37.4 Å². The third kappa shape index (κ3) is 3.50. The standard InChI is InChI=1S/C17H23NO2/c1-4-17(2,14-8-6-5-7-9-14)18-12-15-10-11-16(20-15)13-19-3/h5-11,18H,4,12-13H2,1-3H3/t17-/m0/s1. The van der Waals surface area contributed by atoms with Gasteiger partial charge in [0.15, 0.2) is 0 Å². The molecular weight excluding hydrogens is 250 g/mol. The number of hydrogen-bond acceptors (Lipinski definition) is 3. The molecule has 0 saturated carbocycles. The monoisotopic (exact) mass is 273 g/mol. The molecule has 0 bridgehead atoms. The fourth-order valence-corrected chi connectivity index (χ4v) is 2.26. The predicted molar refractivity (Wildman–Crippen MR) is 80.3 cm³/mol. The molecule has 108 valence electrons. The van der Waals surface area contributed by atoms with Gasteiger partial charge in [0.1, 0.15) is 18.1 Å². The highest BCUT2D eigenvalue weighted by molar-refractivity contribution is 5.23. The van der Waals surface area contributed by atoms with Gasteiger partial charge in [0, 0.05) is 12.6 Å². The molecule has 0 radical (unpaired) electrons. The number of hydrogen-bond donors (Lipinski definition) is 1. The van der Waals surface area contributed by atoms with Crippen molar-refractivity contribution < 1.29 is 9.15 Å². The van der Waals surface area contributed by atoms with Gasteiger partial charge in [0.25, 0.3) is 0 Å². The van der Waals surface area contributed by atoms with E-state index in [1.54, 1.807) is 7.11 Å². The summed E-state index contributed by atoms with van der Waals surface area (Å²) in [6, 6.07) is 14.5. The summed E-state index contributed by atoms with van der Waals surface area (Å²) >= 11 is 0. The Hall–Kier alpha value is -1.58. The smallest absolute Gasteiger partial charge is 0.129 e. The molecule has 0 amide bonds. The van der Waals surface area contributed by atoms with E-state index in [0.29, 0.717) is 13.2 Å². The van der Waals surface area contributed by atoms with E-state index in [1.807, 2.05) is 18.2 Å². The lowest BCUT2D eigenvalue weighted by Gasteiger charge is -2.30. The van der Waals surface area contributed by atoms with Gasteiger partial charge in [-0.3, -0.25) is 0 Å². The van der Waals surface area contributed by atoms with E-state index < -0.39 is 0 Å². The Morgan fingerprint density at radius 2 is 1.80 bits per heavy atom. The molecule has 3 nitrogen and oxygen atoms in total. The van der Waals surface area contributed by atoms with E-state index in [9.17, 15) is 0 Å². The Morgan fingerprint density at radius 3 is 2.45 bits per heavy atom. The summed E-state index contributed by atoms with van der Waals surface area (Å²) in [6.07, 6.45) is 1.02. The lowest BCUT2D eigenvalue weighted by atomic mass is 9.89. The van der Waals surface area contributed by atoms with Crippen molar-refractivity contribution >= 4 is 0 Å². The van der Waals surface area contributed by atoms with Crippen molar-refractivity contribution in [3.63, 3.8) is 0 Å². The van der Waals surface area contributed by atoms with Crippen molar-refractivity contribution in [1.29, 1.82) is 0 Å². The molecule has 1 aromatic heterocycles. The maximum absolute atomic E-state index is 5.71. The summed E-state index contributed by atoms with van der Waals surface area (Å²) in [5.41, 5.74) is 1.25. The number of furan rings is 1. The van der Waals surface area contributed by atoms with Crippen LogP contribution in [0.25, 0.3) is 0 Å². The average Bonchev–Trinajstić information content (AvgIpc) is 2.94. The van der Waals surface area contributed by atoms with Crippen molar-refractivity contribution in [2.75, 3.05) is 7.11 Å². The van der Waals surface area contributed by atoms with Gasteiger partial charge in [-0.15, -0.1) is 0 Å². The lowest BCUT2D eigenvalue weighted by molar-refractivity contribution is 0.162. The minimum atomic E-state index is -0.0462. The van der Waals surface area contributed by atoms with E-state index in [2.05, 4.69) is 43.4 Å². The van der Waals surface area contributed by atoms with Gasteiger partial charge in [0.2, 0.25) is 0 Å². The Balaban J connectivity index is 2.03. The van der Waals surface area contributed by atoms with Gasteiger partial charge in [0.05, 0.1) is 6.54 Å². The fourth-order valence-electron chi connectivity index (χ4n) is 2.26. The second kappa shape index (κ2) is 6.73. The van der Waals surface area contributed by atoms with Crippen molar-refractivity contribution in [1.82, 2.24) is 5.32 Å². The highest BCUT2D eigenvalue weighted by Crippen LogP contribution is 2.24. The van der Waals surface area contributed by atoms with Crippen LogP contribution in [0.15, 0.2) is 46.9 Å². The molecule has 1 aromatic carbocycles. The molecule has 2 rings (SSSR count). The van der Waals surface area contributed by atoms with E-state index in [-0.39, 0.29) is 5.54 Å². The number of ether oxygens (including phenoxy) is 1. The van der Waals surface area contributed by atoms with Gasteiger partial charge >= 0.3 is 0 Å². The number of nitrogens with one attached hydrogen (secondary N) is 1. The predicted octanol–water partition coefficient (Wildman–Crippen LogP) is 3.84. The van der Waals surface area contributed by atoms with Crippen molar-refractivity contribution in [2.24, 2.45) is 0 Å². The SMILES string of the molecule is CC[C@](C)(NCc1ccc(COC)o1)c1ccccc1. The van der Waals surface area contributed by atoms with Crippen LogP contribution in [0.4, 0.5) is 0 Å². The van der Waals surface area contributed by atoms with Gasteiger partial charge in [-0.05, 0) is 31.0 Å². The Kier molecular flexibility index (Phi) is 4.99. The molecule has 20 heavy (non-hydrogen) atoms. The van der Waals surface area contributed by atoms with Crippen LogP contribution in [0.2, 0.25) is 0 Å². The van der Waals surface area contributed by atoms with Crippen LogP contribution in [0.5, 0.6) is 0 Å². The van der Waals surface area contributed by atoms with E-state index in [1.165, 1.54) is 5.56 Å². The van der Waals surface area contributed by atoms with Crippen molar-refractivity contribution in [2.45, 2.75) is 39.0 Å². The molecule has 0 aliphatic rings. The molecule has 0 spiro atoms. The summed E-state index contributed by atoms with van der Waals surface area (Å²) in [4.78, 5) is 0. The molecule has 0 aliphatic carbocycles. The first-order chi connectivity index (χ1) is 9.68. The highest BCUT2D eigenvalue weighted by Gasteiger charge is 2.23. The molecule has 2 aromatic rings. The molecule has 0 saturated heterocycles. The zero-order valence-corrected chi connectivity index (χ0v) is 12.5. The van der Waals surface area contributed by atoms with Gasteiger partial charge in [-0.2, -0.15) is 0 Å². The zero-order valence-electron chi connectivity index (χ0n) is 12.5. The van der Waals surface area contributed by atoms with Gasteiger partial charge in [-0.1, -0.05) is 37.3 Å². The quantitative estimate of drug-likeness (QED) is 0.832. The maximum atomic E-state index is 5.71. The Morgan fingerprint density at radius 1 is 1.10 bits per heavy atom. The van der Waals surface area contributed by atoms with Crippen LogP contribution in [-0.2, 0) is 23.4 Å². The summed E-state index contributed by atoms with van der Waals surface area (Å²) in [5, 5.41) is 3.60. The van der Waals surface area contributed by atoms with Crippen LogP contribution in [-0.4, -0.2) is 7.11 Å². The number of benzene rings is 1. The van der Waals surface area contributed by atoms with E-state index in [4.69, 9.17) is 9.15 Å². The fraction of sp³-hybridized carbons (Fsp3) is 0.412. The molecular formula is C17H23NO2. The largest absolute Gasteiger partial charge is 0.462 e. The molecule has 1 atom stereocenters. The molecule has 1 heterocycles. The topological polar surface area (TPSA) is 34.4 Å². The first-order valence-corrected chi connectivity index (χ1v) is 7.05. The lowest BCUT2D eigenvalue weighted by Crippen LogP contribution is -2.38. The van der Waals surface area contributed by atoms with Crippen LogP contribution >= 0.6 is 0 Å². The second-order valence-electron chi connectivity index (χ2n) is 5.21. The summed E-state index contributed by atoms with van der Waals surface area (Å²) in [7, 11) is 1.67. The van der Waals surface area contributed by atoms with Crippen LogP contribution in [0.3, 0.4) is 0 Å². The summed E-state index contributed by atoms with van der Waals surface area (Å²) < 4.78 is 10.8. The number of methoxy groups -OCH3 is 1. The molecule has 3 heteroatoms. The van der Waals surface area contributed by atoms with E-state index in [0.717, 1.165) is 17.9 Å². The summed E-state index contributed by atoms with van der Waals surface area (Å²) in [5.74, 6) is 1.80. The average molecular weight is 273 g/mol. The normalized spacial score (nSPS) is 14.2. The third-order valence-electron chi connectivity index (χ3n) is 3.77. The summed E-state index contributed by atoms with van der Waals surface area (Å²) in [6.45, 7) is 5.65. The minimum Gasteiger partial charge on any atom is -0.462 e. The van der Waals surface area contributed by atoms with Crippen molar-refractivity contribution in [3.8, 4) is 0 Å². The molecule has 1 N–H and O–H groups in total. The zero-order chi connectivity index (χ0) is 14.4. The Labute approximate surface area is 121 Å². The highest BCUT2D eigenvalue weighted by atomic mass is 16.5. The van der Waals surface area contributed by atoms with Crippen molar-refractivity contribution in [3.05, 3.63) is 59.5 Å². The second-order valence-corrected chi connectivity index (χ2v) is 5.21. The third-order valence-corrected chi connectivity index (χ3v) is 3.77.